The minimum atomic E-state index is -1.25. The highest BCUT2D eigenvalue weighted by Crippen LogP contribution is 2.31. The minimum absolute atomic E-state index is 0.0143. The Morgan fingerprint density at radius 3 is 2.55 bits per heavy atom. The van der Waals surface area contributed by atoms with E-state index in [1.807, 2.05) is 6.92 Å². The zero-order valence-corrected chi connectivity index (χ0v) is 19.9. The largest absolute Gasteiger partial charge is 0.465 e. The summed E-state index contributed by atoms with van der Waals surface area (Å²) in [6.45, 7) is 2.54. The highest BCUT2D eigenvalue weighted by Gasteiger charge is 2.45. The zero-order valence-electron chi connectivity index (χ0n) is 19.1. The van der Waals surface area contributed by atoms with Crippen molar-refractivity contribution in [2.45, 2.75) is 83.0 Å². The first-order valence-corrected chi connectivity index (χ1v) is 12.2. The summed E-state index contributed by atoms with van der Waals surface area (Å²) in [5, 5.41) is 26.0. The summed E-state index contributed by atoms with van der Waals surface area (Å²) >= 11 is 6.20. The van der Waals surface area contributed by atoms with Gasteiger partial charge in [-0.2, -0.15) is 0 Å². The molecule has 33 heavy (non-hydrogen) atoms. The fourth-order valence-corrected chi connectivity index (χ4v) is 5.21. The van der Waals surface area contributed by atoms with Crippen molar-refractivity contribution in [3.05, 3.63) is 34.3 Å². The molecule has 2 fully saturated rings. The Kier molecular flexibility index (Phi) is 8.73. The molecule has 0 bridgehead atoms. The highest BCUT2D eigenvalue weighted by atomic mass is 35.5. The third-order valence-corrected chi connectivity index (χ3v) is 7.28. The van der Waals surface area contributed by atoms with Crippen LogP contribution >= 0.6 is 11.6 Å². The van der Waals surface area contributed by atoms with Crippen molar-refractivity contribution < 1.29 is 24.6 Å². The Hall–Kier alpha value is -2.16. The van der Waals surface area contributed by atoms with Crippen LogP contribution < -0.4 is 10.6 Å². The molecule has 1 aliphatic carbocycles. The number of hydrogen-bond acceptors (Lipinski definition) is 5. The molecule has 1 heterocycles. The van der Waals surface area contributed by atoms with Crippen LogP contribution in [0, 0.1) is 5.92 Å². The maximum Gasteiger partial charge on any atom is 0.404 e. The van der Waals surface area contributed by atoms with E-state index < -0.39 is 23.6 Å². The maximum atomic E-state index is 13.8. The number of carboxylic acid groups (broad SMARTS) is 1. The van der Waals surface area contributed by atoms with Gasteiger partial charge in [0.25, 0.3) is 5.91 Å². The normalized spacial score (nSPS) is 22.0. The Morgan fingerprint density at radius 1 is 1.21 bits per heavy atom. The van der Waals surface area contributed by atoms with E-state index in [2.05, 4.69) is 10.6 Å². The lowest BCUT2D eigenvalue weighted by Crippen LogP contribution is -2.58. The molecule has 1 aromatic carbocycles. The second-order valence-corrected chi connectivity index (χ2v) is 9.55. The molecule has 0 radical (unpaired) electrons. The molecule has 182 valence electrons. The number of rotatable bonds is 8. The summed E-state index contributed by atoms with van der Waals surface area (Å²) in [6, 6.07) is 4.96. The summed E-state index contributed by atoms with van der Waals surface area (Å²) in [5.74, 6) is -1.10. The molecule has 1 saturated heterocycles. The molecule has 8 nitrogen and oxygen atoms in total. The summed E-state index contributed by atoms with van der Waals surface area (Å²) in [6.07, 6.45) is 4.09. The number of benzene rings is 1. The Balaban J connectivity index is 1.93. The van der Waals surface area contributed by atoms with Crippen molar-refractivity contribution in [2.75, 3.05) is 6.54 Å². The topological polar surface area (TPSA) is 119 Å². The van der Waals surface area contributed by atoms with E-state index in [1.54, 1.807) is 18.2 Å². The summed E-state index contributed by atoms with van der Waals surface area (Å²) in [7, 11) is 0. The first-order valence-electron chi connectivity index (χ1n) is 11.8. The van der Waals surface area contributed by atoms with Crippen molar-refractivity contribution in [1.82, 2.24) is 15.5 Å². The predicted octanol–water partition coefficient (Wildman–Crippen LogP) is 3.44. The molecule has 2 atom stereocenters. The highest BCUT2D eigenvalue weighted by molar-refractivity contribution is 6.30. The van der Waals surface area contributed by atoms with Crippen molar-refractivity contribution in [1.29, 1.82) is 0 Å². The number of carbonyl (C=O) groups is 3. The third kappa shape index (κ3) is 6.05. The fourth-order valence-electron chi connectivity index (χ4n) is 5.02. The second kappa shape index (κ2) is 11.3. The van der Waals surface area contributed by atoms with Crippen LogP contribution in [0.4, 0.5) is 4.79 Å². The summed E-state index contributed by atoms with van der Waals surface area (Å²) in [5.41, 5.74) is 0.336. The third-order valence-electron chi connectivity index (χ3n) is 7.04. The summed E-state index contributed by atoms with van der Waals surface area (Å²) in [4.78, 5) is 39.5. The van der Waals surface area contributed by atoms with Crippen LogP contribution in [0.15, 0.2) is 18.2 Å². The molecule has 4 N–H and O–H groups in total. The van der Waals surface area contributed by atoms with Crippen LogP contribution in [0.3, 0.4) is 0 Å². The number of hydrogen-bond donors (Lipinski definition) is 4. The van der Waals surface area contributed by atoms with Crippen LogP contribution in [0.25, 0.3) is 0 Å². The lowest BCUT2D eigenvalue weighted by Gasteiger charge is -2.36. The second-order valence-electron chi connectivity index (χ2n) is 9.11. The van der Waals surface area contributed by atoms with Crippen molar-refractivity contribution in [3.8, 4) is 0 Å². The van der Waals surface area contributed by atoms with E-state index in [0.29, 0.717) is 35.5 Å². The number of carbonyl (C=O) groups excluding carboxylic acids is 2. The monoisotopic (exact) mass is 479 g/mol. The molecule has 0 aromatic heterocycles. The van der Waals surface area contributed by atoms with Crippen LogP contribution in [0.1, 0.15) is 69.4 Å². The van der Waals surface area contributed by atoms with Gasteiger partial charge in [-0.1, -0.05) is 43.9 Å². The first kappa shape index (κ1) is 25.5. The number of halogens is 1. The number of amides is 3. The van der Waals surface area contributed by atoms with E-state index in [-0.39, 0.29) is 24.9 Å². The average molecular weight is 480 g/mol. The van der Waals surface area contributed by atoms with Crippen molar-refractivity contribution >= 4 is 29.5 Å². The van der Waals surface area contributed by atoms with Gasteiger partial charge in [0, 0.05) is 11.6 Å². The molecule has 9 heteroatoms. The van der Waals surface area contributed by atoms with Gasteiger partial charge in [-0.15, -0.1) is 0 Å². The van der Waals surface area contributed by atoms with Gasteiger partial charge in [-0.3, -0.25) is 14.5 Å². The molecular weight excluding hydrogens is 446 g/mol. The number of aliphatic hydroxyl groups is 1. The van der Waals surface area contributed by atoms with Crippen LogP contribution in [-0.2, 0) is 22.7 Å². The first-order chi connectivity index (χ1) is 15.8. The van der Waals surface area contributed by atoms with E-state index in [1.165, 1.54) is 0 Å². The van der Waals surface area contributed by atoms with Gasteiger partial charge < -0.3 is 20.8 Å². The number of nitrogens with zero attached hydrogens (tertiary/aromatic N) is 1. The van der Waals surface area contributed by atoms with Gasteiger partial charge in [0.2, 0.25) is 5.91 Å². The molecule has 1 aliphatic heterocycles. The number of nitrogens with one attached hydrogen (secondary N) is 2. The zero-order chi connectivity index (χ0) is 24.0. The molecular formula is C24H34ClN3O5. The van der Waals surface area contributed by atoms with Crippen LogP contribution in [0.2, 0.25) is 5.02 Å². The van der Waals surface area contributed by atoms with Gasteiger partial charge >= 0.3 is 6.09 Å². The number of imide groups is 1. The summed E-state index contributed by atoms with van der Waals surface area (Å²) < 4.78 is 0. The van der Waals surface area contributed by atoms with Crippen LogP contribution in [-0.4, -0.2) is 51.2 Å². The smallest absolute Gasteiger partial charge is 0.404 e. The molecule has 3 amide bonds. The SMILES string of the molecule is CCC1(C(=O)N(Cc2cc(Cl)ccc2CNC(=O)O)C(=O)[C@H](O)C2CCCCC2)CCCN1. The fraction of sp³-hybridized carbons (Fsp3) is 0.625. The predicted molar refractivity (Wildman–Crippen MR) is 125 cm³/mol. The molecule has 2 aliphatic rings. The maximum absolute atomic E-state index is 13.8. The lowest BCUT2D eigenvalue weighted by molar-refractivity contribution is -0.157. The van der Waals surface area contributed by atoms with Gasteiger partial charge in [0.1, 0.15) is 6.10 Å². The minimum Gasteiger partial charge on any atom is -0.465 e. The van der Waals surface area contributed by atoms with Crippen LogP contribution in [0.5, 0.6) is 0 Å². The molecule has 1 aromatic rings. The molecule has 3 rings (SSSR count). The Bertz CT molecular complexity index is 866. The Labute approximate surface area is 199 Å². The van der Waals surface area contributed by atoms with E-state index in [0.717, 1.165) is 43.4 Å². The standard InChI is InChI=1S/C24H34ClN3O5/c1-2-24(11-6-12-27-24)22(31)28(21(30)20(29)16-7-4-3-5-8-16)15-18-13-19(25)10-9-17(18)14-26-23(32)33/h9-10,13,16,20,26-27,29H,2-8,11-12,14-15H2,1H3,(H,32,33)/t20-,24?/m1/s1. The molecule has 1 saturated carbocycles. The number of aliphatic hydroxyl groups excluding tert-OH is 1. The molecule has 1 unspecified atom stereocenters. The quantitative estimate of drug-likeness (QED) is 0.453. The van der Waals surface area contributed by atoms with E-state index in [4.69, 9.17) is 16.7 Å². The Morgan fingerprint density at radius 2 is 1.94 bits per heavy atom. The molecule has 0 spiro atoms. The van der Waals surface area contributed by atoms with Gasteiger partial charge in [0.15, 0.2) is 0 Å². The lowest BCUT2D eigenvalue weighted by atomic mass is 9.84. The van der Waals surface area contributed by atoms with Gasteiger partial charge in [-0.25, -0.2) is 4.79 Å². The average Bonchev–Trinajstić information content (AvgIpc) is 3.31. The van der Waals surface area contributed by atoms with Crippen molar-refractivity contribution in [2.24, 2.45) is 5.92 Å². The van der Waals surface area contributed by atoms with Gasteiger partial charge in [0.05, 0.1) is 12.1 Å². The van der Waals surface area contributed by atoms with Gasteiger partial charge in [-0.05, 0) is 67.8 Å². The van der Waals surface area contributed by atoms with Crippen molar-refractivity contribution in [3.63, 3.8) is 0 Å². The van der Waals surface area contributed by atoms with E-state index in [9.17, 15) is 19.5 Å². The van der Waals surface area contributed by atoms with E-state index >= 15 is 0 Å².